The number of hydrogen-bond acceptors (Lipinski definition) is 7. The van der Waals surface area contributed by atoms with Crippen LogP contribution in [0.5, 0.6) is 11.5 Å². The molecule has 0 aromatic heterocycles. The summed E-state index contributed by atoms with van der Waals surface area (Å²) in [7, 11) is 3.11. The van der Waals surface area contributed by atoms with E-state index in [1.165, 1.54) is 11.8 Å². The second-order valence-corrected chi connectivity index (χ2v) is 11.0. The summed E-state index contributed by atoms with van der Waals surface area (Å²) in [6.45, 7) is 0. The van der Waals surface area contributed by atoms with E-state index in [4.69, 9.17) is 9.47 Å². The molecule has 0 unspecified atom stereocenters. The lowest BCUT2D eigenvalue weighted by molar-refractivity contribution is 0.237. The topological polar surface area (TPSA) is 114 Å². The predicted octanol–water partition coefficient (Wildman–Crippen LogP) is 6.71. The zero-order valence-corrected chi connectivity index (χ0v) is 23.2. The van der Waals surface area contributed by atoms with Gasteiger partial charge in [-0.05, 0) is 46.5 Å². The summed E-state index contributed by atoms with van der Waals surface area (Å²) in [5, 5.41) is 44.6. The molecule has 1 aliphatic rings. The van der Waals surface area contributed by atoms with Gasteiger partial charge in [0, 0.05) is 0 Å². The van der Waals surface area contributed by atoms with Gasteiger partial charge in [0.15, 0.2) is 10.8 Å². The summed E-state index contributed by atoms with van der Waals surface area (Å²) < 4.78 is 7.85. The van der Waals surface area contributed by atoms with E-state index in [2.05, 4.69) is 24.3 Å². The molecule has 0 saturated carbocycles. The van der Waals surface area contributed by atoms with Crippen LogP contribution in [0, 0.1) is 56.2 Å². The molecule has 1 heterocycles. The van der Waals surface area contributed by atoms with Crippen molar-refractivity contribution in [3.63, 3.8) is 0 Å². The van der Waals surface area contributed by atoms with Crippen molar-refractivity contribution in [2.75, 3.05) is 14.2 Å². The molecule has 7 heteroatoms. The van der Waals surface area contributed by atoms with Crippen LogP contribution in [0.15, 0.2) is 109 Å². The van der Waals surface area contributed by atoms with Crippen LogP contribution in [0.3, 0.4) is 0 Å². The third-order valence-electron chi connectivity index (χ3n) is 7.95. The van der Waals surface area contributed by atoms with Crippen LogP contribution < -0.4 is 9.47 Å². The second-order valence-electron chi connectivity index (χ2n) is 9.60. The fourth-order valence-electron chi connectivity index (χ4n) is 6.04. The van der Waals surface area contributed by atoms with E-state index in [0.29, 0.717) is 33.8 Å². The highest BCUT2D eigenvalue weighted by Crippen LogP contribution is 2.80. The molecule has 1 saturated heterocycles. The van der Waals surface area contributed by atoms with Crippen molar-refractivity contribution in [2.24, 2.45) is 10.8 Å². The van der Waals surface area contributed by atoms with Gasteiger partial charge in [-0.25, -0.2) is 0 Å². The Morgan fingerprint density at radius 1 is 0.463 bits per heavy atom. The summed E-state index contributed by atoms with van der Waals surface area (Å²) in [5.74, 6) is 1.19. The average Bonchev–Trinajstić information content (AvgIpc) is 3.30. The average molecular weight is 553 g/mol. The molecule has 1 fully saturated rings. The highest BCUT2D eigenvalue weighted by molar-refractivity contribution is 8.02. The molecule has 0 bridgehead atoms. The molecule has 0 radical (unpaired) electrons. The molecule has 4 aromatic carbocycles. The Labute approximate surface area is 243 Å². The maximum atomic E-state index is 11.1. The van der Waals surface area contributed by atoms with E-state index >= 15 is 0 Å². The molecule has 198 valence electrons. The third kappa shape index (κ3) is 3.47. The standard InChI is InChI=1S/C34H24N4O2S/c1-39-29-17-13-27(14-18-29)33(25-9-5-3-6-10-25)31(21-35,22-36)32(23-37,24-38)34(41-33,26-11-7-4-8-12-26)28-15-19-30(40-2)20-16-28/h3-20H,1-2H3/t33-,34-/m0/s1. The fraction of sp³-hybridized carbons (Fsp3) is 0.176. The van der Waals surface area contributed by atoms with Crippen LogP contribution in [0.4, 0.5) is 0 Å². The first kappa shape index (κ1) is 27.4. The molecule has 4 aromatic rings. The van der Waals surface area contributed by atoms with Gasteiger partial charge in [-0.3, -0.25) is 0 Å². The van der Waals surface area contributed by atoms with Gasteiger partial charge >= 0.3 is 0 Å². The van der Waals surface area contributed by atoms with Gasteiger partial charge in [-0.1, -0.05) is 84.9 Å². The molecule has 0 spiro atoms. The largest absolute Gasteiger partial charge is 0.497 e. The molecular weight excluding hydrogens is 528 g/mol. The highest BCUT2D eigenvalue weighted by atomic mass is 32.2. The van der Waals surface area contributed by atoms with Gasteiger partial charge in [0.25, 0.3) is 0 Å². The zero-order valence-electron chi connectivity index (χ0n) is 22.4. The fourth-order valence-corrected chi connectivity index (χ4v) is 8.31. The van der Waals surface area contributed by atoms with Crippen molar-refractivity contribution in [3.05, 3.63) is 131 Å². The Morgan fingerprint density at radius 2 is 0.756 bits per heavy atom. The van der Waals surface area contributed by atoms with E-state index in [9.17, 15) is 21.0 Å². The molecule has 1 aliphatic heterocycles. The minimum absolute atomic E-state index is 0.593. The molecule has 0 aliphatic carbocycles. The summed E-state index contributed by atoms with van der Waals surface area (Å²) in [6.07, 6.45) is 0. The lowest BCUT2D eigenvalue weighted by atomic mass is 9.50. The minimum atomic E-state index is -2.18. The quantitative estimate of drug-likeness (QED) is 0.261. The van der Waals surface area contributed by atoms with Crippen LogP contribution in [0.1, 0.15) is 22.3 Å². The van der Waals surface area contributed by atoms with Gasteiger partial charge in [0.2, 0.25) is 0 Å². The van der Waals surface area contributed by atoms with E-state index in [-0.39, 0.29) is 0 Å². The Hall–Kier alpha value is -5.21. The second kappa shape index (κ2) is 10.4. The monoisotopic (exact) mass is 552 g/mol. The van der Waals surface area contributed by atoms with Crippen molar-refractivity contribution in [1.82, 2.24) is 0 Å². The Kier molecular flexibility index (Phi) is 6.94. The number of ether oxygens (including phenoxy) is 2. The molecular formula is C34H24N4O2S. The van der Waals surface area contributed by atoms with Gasteiger partial charge in [0.1, 0.15) is 21.0 Å². The normalized spacial score (nSPS) is 21.8. The maximum absolute atomic E-state index is 11.1. The molecule has 0 amide bonds. The predicted molar refractivity (Wildman–Crippen MR) is 155 cm³/mol. The zero-order chi connectivity index (χ0) is 29.1. The van der Waals surface area contributed by atoms with Crippen molar-refractivity contribution in [1.29, 1.82) is 21.0 Å². The van der Waals surface area contributed by atoms with E-state index in [0.717, 1.165) is 0 Å². The Bertz CT molecular complexity index is 1570. The van der Waals surface area contributed by atoms with Crippen molar-refractivity contribution >= 4 is 11.8 Å². The highest BCUT2D eigenvalue weighted by Gasteiger charge is 2.83. The molecule has 6 nitrogen and oxygen atoms in total. The summed E-state index contributed by atoms with van der Waals surface area (Å²) in [6, 6.07) is 41.7. The third-order valence-corrected chi connectivity index (χ3v) is 10.1. The summed E-state index contributed by atoms with van der Waals surface area (Å²) in [5.41, 5.74) is -1.92. The number of hydrogen-bond donors (Lipinski definition) is 0. The van der Waals surface area contributed by atoms with Crippen LogP contribution in [0.25, 0.3) is 0 Å². The molecule has 2 atom stereocenters. The smallest absolute Gasteiger partial charge is 0.200 e. The number of thioether (sulfide) groups is 1. The Balaban J connectivity index is 2.04. The van der Waals surface area contributed by atoms with Crippen molar-refractivity contribution in [3.8, 4) is 35.8 Å². The van der Waals surface area contributed by atoms with E-state index in [1.54, 1.807) is 62.8 Å². The number of benzene rings is 4. The van der Waals surface area contributed by atoms with Crippen LogP contribution in [-0.4, -0.2) is 14.2 Å². The van der Waals surface area contributed by atoms with Gasteiger partial charge < -0.3 is 9.47 Å². The first-order valence-corrected chi connectivity index (χ1v) is 13.6. The van der Waals surface area contributed by atoms with Crippen LogP contribution >= 0.6 is 11.8 Å². The van der Waals surface area contributed by atoms with E-state index in [1.807, 2.05) is 60.7 Å². The number of nitrogens with zero attached hydrogens (tertiary/aromatic N) is 4. The van der Waals surface area contributed by atoms with Gasteiger partial charge in [0.05, 0.1) is 38.5 Å². The van der Waals surface area contributed by atoms with Crippen molar-refractivity contribution < 1.29 is 9.47 Å². The first-order chi connectivity index (χ1) is 20.0. The van der Waals surface area contributed by atoms with E-state index < -0.39 is 20.3 Å². The number of rotatable bonds is 6. The van der Waals surface area contributed by atoms with Crippen molar-refractivity contribution in [2.45, 2.75) is 9.49 Å². The van der Waals surface area contributed by atoms with Gasteiger partial charge in [-0.15, -0.1) is 11.8 Å². The lowest BCUT2D eigenvalue weighted by Crippen LogP contribution is -2.52. The van der Waals surface area contributed by atoms with Crippen LogP contribution in [0.2, 0.25) is 0 Å². The van der Waals surface area contributed by atoms with Gasteiger partial charge in [-0.2, -0.15) is 21.0 Å². The summed E-state index contributed by atoms with van der Waals surface area (Å²) in [4.78, 5) is 0. The molecule has 0 N–H and O–H groups in total. The summed E-state index contributed by atoms with van der Waals surface area (Å²) >= 11 is 1.29. The Morgan fingerprint density at radius 3 is 1.02 bits per heavy atom. The number of methoxy groups -OCH3 is 2. The SMILES string of the molecule is COc1ccc([C@]2(c3ccccc3)S[C@@](c3ccccc3)(c3ccc(OC)cc3)C(C#N)(C#N)C2(C#N)C#N)cc1. The molecule has 5 rings (SSSR count). The number of nitriles is 4. The first-order valence-electron chi connectivity index (χ1n) is 12.7. The molecule has 41 heavy (non-hydrogen) atoms. The maximum Gasteiger partial charge on any atom is 0.200 e. The minimum Gasteiger partial charge on any atom is -0.497 e. The van der Waals surface area contributed by atoms with Crippen LogP contribution in [-0.2, 0) is 9.49 Å². The lowest BCUT2D eigenvalue weighted by Gasteiger charge is -2.40.